The maximum atomic E-state index is 4.38. The first-order valence-corrected chi connectivity index (χ1v) is 5.10. The third-order valence-electron chi connectivity index (χ3n) is 1.74. The maximum Gasteiger partial charge on any atom is 0.0705 e. The highest BCUT2D eigenvalue weighted by molar-refractivity contribution is 5.78. The Labute approximate surface area is 85.8 Å². The topological polar surface area (TPSA) is 12.9 Å². The first-order chi connectivity index (χ1) is 6.77. The molecule has 0 spiro atoms. The second-order valence-corrected chi connectivity index (χ2v) is 3.35. The highest BCUT2D eigenvalue weighted by Gasteiger charge is 1.90. The van der Waals surface area contributed by atoms with Gasteiger partial charge >= 0.3 is 0 Å². The standard InChI is InChI=1S/C10H9N.C3H8/c1-8-6-7-9-4-2-3-5-10(9)11-8;1-3-2/h2-7H,1H3;3H2,1-2H3. The molecule has 0 aliphatic heterocycles. The van der Waals surface area contributed by atoms with Crippen LogP contribution in [-0.4, -0.2) is 4.98 Å². The lowest BCUT2D eigenvalue weighted by Crippen LogP contribution is -1.80. The normalized spacial score (nSPS) is 9.36. The van der Waals surface area contributed by atoms with Crippen LogP contribution in [-0.2, 0) is 0 Å². The van der Waals surface area contributed by atoms with E-state index in [2.05, 4.69) is 31.0 Å². The number of benzene rings is 1. The van der Waals surface area contributed by atoms with Crippen LogP contribution in [0, 0.1) is 6.92 Å². The van der Waals surface area contributed by atoms with Crippen molar-refractivity contribution in [3.63, 3.8) is 0 Å². The van der Waals surface area contributed by atoms with E-state index in [1.807, 2.05) is 31.2 Å². The van der Waals surface area contributed by atoms with Crippen LogP contribution in [0.4, 0.5) is 0 Å². The van der Waals surface area contributed by atoms with Crippen LogP contribution >= 0.6 is 0 Å². The molecule has 14 heavy (non-hydrogen) atoms. The number of nitrogens with zero attached hydrogens (tertiary/aromatic N) is 1. The van der Waals surface area contributed by atoms with E-state index in [0.29, 0.717) is 0 Å². The number of hydrogen-bond acceptors (Lipinski definition) is 1. The van der Waals surface area contributed by atoms with Gasteiger partial charge in [0, 0.05) is 11.1 Å². The molecule has 1 heteroatoms. The Hall–Kier alpha value is -1.37. The number of aromatic nitrogens is 1. The number of para-hydroxylation sites is 1. The second-order valence-electron chi connectivity index (χ2n) is 3.35. The molecule has 0 aliphatic carbocycles. The molecule has 1 aromatic carbocycles. The maximum absolute atomic E-state index is 4.38. The molecule has 1 nitrogen and oxygen atoms in total. The predicted octanol–water partition coefficient (Wildman–Crippen LogP) is 3.96. The molecule has 0 N–H and O–H groups in total. The highest BCUT2D eigenvalue weighted by atomic mass is 14.7. The molecule has 0 saturated heterocycles. The molecule has 1 heterocycles. The van der Waals surface area contributed by atoms with Crippen molar-refractivity contribution in [3.8, 4) is 0 Å². The van der Waals surface area contributed by atoms with Crippen molar-refractivity contribution in [2.24, 2.45) is 0 Å². The van der Waals surface area contributed by atoms with Gasteiger partial charge in [0.15, 0.2) is 0 Å². The largest absolute Gasteiger partial charge is 0.253 e. The smallest absolute Gasteiger partial charge is 0.0705 e. The number of hydrogen-bond donors (Lipinski definition) is 0. The lowest BCUT2D eigenvalue weighted by atomic mass is 10.2. The van der Waals surface area contributed by atoms with Crippen LogP contribution in [0.15, 0.2) is 36.4 Å². The lowest BCUT2D eigenvalue weighted by Gasteiger charge is -1.95. The summed E-state index contributed by atoms with van der Waals surface area (Å²) in [6, 6.07) is 12.3. The molecule has 1 aromatic heterocycles. The van der Waals surface area contributed by atoms with Crippen molar-refractivity contribution < 1.29 is 0 Å². The average Bonchev–Trinajstić information content (AvgIpc) is 2.19. The van der Waals surface area contributed by atoms with E-state index in [9.17, 15) is 0 Å². The van der Waals surface area contributed by atoms with Crippen molar-refractivity contribution >= 4 is 10.9 Å². The zero-order valence-electron chi connectivity index (χ0n) is 9.12. The van der Waals surface area contributed by atoms with Gasteiger partial charge < -0.3 is 0 Å². The summed E-state index contributed by atoms with van der Waals surface area (Å²) in [7, 11) is 0. The van der Waals surface area contributed by atoms with Gasteiger partial charge in [0.2, 0.25) is 0 Å². The minimum atomic E-state index is 1.07. The fraction of sp³-hybridized carbons (Fsp3) is 0.308. The summed E-state index contributed by atoms with van der Waals surface area (Å²) in [6.07, 6.45) is 1.25. The zero-order valence-corrected chi connectivity index (χ0v) is 9.12. The molecule has 0 fully saturated rings. The van der Waals surface area contributed by atoms with Gasteiger partial charge in [-0.2, -0.15) is 0 Å². The average molecular weight is 187 g/mol. The first kappa shape index (κ1) is 10.7. The molecule has 2 rings (SSSR count). The van der Waals surface area contributed by atoms with E-state index in [1.54, 1.807) is 0 Å². The summed E-state index contributed by atoms with van der Waals surface area (Å²) >= 11 is 0. The predicted molar refractivity (Wildman–Crippen MR) is 62.4 cm³/mol. The Balaban J connectivity index is 0.000000293. The third kappa shape index (κ3) is 2.84. The molecule has 0 bridgehead atoms. The van der Waals surface area contributed by atoms with Crippen molar-refractivity contribution in [3.05, 3.63) is 42.1 Å². The summed E-state index contributed by atoms with van der Waals surface area (Å²) < 4.78 is 0. The van der Waals surface area contributed by atoms with Crippen LogP contribution in [0.3, 0.4) is 0 Å². The number of fused-ring (bicyclic) bond motifs is 1. The lowest BCUT2D eigenvalue weighted by molar-refractivity contribution is 1.09. The summed E-state index contributed by atoms with van der Waals surface area (Å²) in [5, 5.41) is 1.21. The number of aryl methyl sites for hydroxylation is 1. The van der Waals surface area contributed by atoms with Crippen molar-refractivity contribution in [2.75, 3.05) is 0 Å². The molecule has 2 aromatic rings. The quantitative estimate of drug-likeness (QED) is 0.608. The Morgan fingerprint density at radius 2 is 1.64 bits per heavy atom. The van der Waals surface area contributed by atoms with Gasteiger partial charge in [0.25, 0.3) is 0 Å². The van der Waals surface area contributed by atoms with Crippen molar-refractivity contribution in [1.29, 1.82) is 0 Å². The van der Waals surface area contributed by atoms with Crippen LogP contribution in [0.5, 0.6) is 0 Å². The summed E-state index contributed by atoms with van der Waals surface area (Å²) in [5.41, 5.74) is 2.15. The summed E-state index contributed by atoms with van der Waals surface area (Å²) in [6.45, 7) is 6.26. The van der Waals surface area contributed by atoms with Gasteiger partial charge in [-0.05, 0) is 19.1 Å². The summed E-state index contributed by atoms with van der Waals surface area (Å²) in [4.78, 5) is 4.38. The van der Waals surface area contributed by atoms with Crippen LogP contribution in [0.2, 0.25) is 0 Å². The molecule has 0 unspecified atom stereocenters. The van der Waals surface area contributed by atoms with E-state index < -0.39 is 0 Å². The van der Waals surface area contributed by atoms with Crippen molar-refractivity contribution in [1.82, 2.24) is 4.98 Å². The van der Waals surface area contributed by atoms with Crippen LogP contribution < -0.4 is 0 Å². The summed E-state index contributed by atoms with van der Waals surface area (Å²) in [5.74, 6) is 0. The number of rotatable bonds is 0. The van der Waals surface area contributed by atoms with E-state index in [4.69, 9.17) is 0 Å². The minimum Gasteiger partial charge on any atom is -0.253 e. The molecular formula is C13H17N. The third-order valence-corrected chi connectivity index (χ3v) is 1.74. The van der Waals surface area contributed by atoms with E-state index in [1.165, 1.54) is 11.8 Å². The highest BCUT2D eigenvalue weighted by Crippen LogP contribution is 2.10. The molecule has 74 valence electrons. The Morgan fingerprint density at radius 3 is 2.36 bits per heavy atom. The van der Waals surface area contributed by atoms with Gasteiger partial charge in [-0.15, -0.1) is 0 Å². The van der Waals surface area contributed by atoms with Gasteiger partial charge in [0.1, 0.15) is 0 Å². The number of pyridine rings is 1. The fourth-order valence-corrected chi connectivity index (χ4v) is 1.17. The monoisotopic (exact) mass is 187 g/mol. The molecule has 0 amide bonds. The molecule has 0 saturated carbocycles. The van der Waals surface area contributed by atoms with E-state index >= 15 is 0 Å². The SMILES string of the molecule is CCC.Cc1ccc2ccccc2n1. The van der Waals surface area contributed by atoms with Crippen LogP contribution in [0.1, 0.15) is 26.0 Å². The van der Waals surface area contributed by atoms with Gasteiger partial charge in [-0.25, -0.2) is 0 Å². The van der Waals surface area contributed by atoms with Crippen molar-refractivity contribution in [2.45, 2.75) is 27.2 Å². The zero-order chi connectivity index (χ0) is 10.4. The van der Waals surface area contributed by atoms with E-state index in [-0.39, 0.29) is 0 Å². The minimum absolute atomic E-state index is 1.07. The molecular weight excluding hydrogens is 170 g/mol. The van der Waals surface area contributed by atoms with Crippen LogP contribution in [0.25, 0.3) is 10.9 Å². The Morgan fingerprint density at radius 1 is 1.00 bits per heavy atom. The van der Waals surface area contributed by atoms with Gasteiger partial charge in [-0.1, -0.05) is 44.5 Å². The molecule has 0 atom stereocenters. The fourth-order valence-electron chi connectivity index (χ4n) is 1.17. The Bertz CT molecular complexity index is 393. The Kier molecular flexibility index (Phi) is 4.11. The van der Waals surface area contributed by atoms with E-state index in [0.717, 1.165) is 11.2 Å². The first-order valence-electron chi connectivity index (χ1n) is 5.10. The molecule has 0 aliphatic rings. The van der Waals surface area contributed by atoms with Gasteiger partial charge in [0.05, 0.1) is 5.52 Å². The second kappa shape index (κ2) is 5.38. The molecule has 0 radical (unpaired) electrons. The van der Waals surface area contributed by atoms with Gasteiger partial charge in [-0.3, -0.25) is 4.98 Å².